The number of amides is 2. The normalized spacial score (nSPS) is 16.0. The lowest BCUT2D eigenvalue weighted by Gasteiger charge is -2.12. The van der Waals surface area contributed by atoms with Crippen LogP contribution in [0.3, 0.4) is 0 Å². The van der Waals surface area contributed by atoms with Crippen molar-refractivity contribution in [2.24, 2.45) is 5.73 Å². The van der Waals surface area contributed by atoms with Gasteiger partial charge in [0.1, 0.15) is 6.61 Å². The fourth-order valence-electron chi connectivity index (χ4n) is 1.87. The maximum Gasteiger partial charge on any atom is 0.243 e. The third-order valence-corrected chi connectivity index (χ3v) is 2.67. The third-order valence-electron chi connectivity index (χ3n) is 2.67. The topological polar surface area (TPSA) is 93.5 Å². The number of carbonyl (C=O) groups excluding carboxylic acids is 2. The highest BCUT2D eigenvalue weighted by molar-refractivity contribution is 5.78. The van der Waals surface area contributed by atoms with Crippen molar-refractivity contribution in [1.29, 1.82) is 0 Å². The molecular weight excluding hydrogens is 222 g/mol. The van der Waals surface area contributed by atoms with Crippen LogP contribution in [0.5, 0.6) is 0 Å². The maximum atomic E-state index is 11.5. The van der Waals surface area contributed by atoms with Crippen LogP contribution in [0.1, 0.15) is 25.7 Å². The predicted molar refractivity (Wildman–Crippen MR) is 63.3 cm³/mol. The summed E-state index contributed by atoms with van der Waals surface area (Å²) in [7, 11) is 0. The molecule has 0 unspecified atom stereocenters. The molecule has 1 aliphatic carbocycles. The van der Waals surface area contributed by atoms with Crippen molar-refractivity contribution < 1.29 is 14.3 Å². The standard InChI is InChI=1S/C11H21N3O3/c12-10(15)8-17-6-5-13-7-11(16)14-9-3-1-2-4-9/h9,13H,1-8H2,(H2,12,15)(H,14,16). The summed E-state index contributed by atoms with van der Waals surface area (Å²) in [5.41, 5.74) is 4.90. The van der Waals surface area contributed by atoms with Crippen molar-refractivity contribution in [2.75, 3.05) is 26.3 Å². The van der Waals surface area contributed by atoms with E-state index < -0.39 is 5.91 Å². The SMILES string of the molecule is NC(=O)COCCNCC(=O)NC1CCCC1. The number of hydrogen-bond acceptors (Lipinski definition) is 4. The molecule has 6 nitrogen and oxygen atoms in total. The van der Waals surface area contributed by atoms with Crippen molar-refractivity contribution in [3.05, 3.63) is 0 Å². The molecule has 0 aromatic heterocycles. The van der Waals surface area contributed by atoms with E-state index >= 15 is 0 Å². The Labute approximate surface area is 101 Å². The van der Waals surface area contributed by atoms with Crippen molar-refractivity contribution >= 4 is 11.8 Å². The summed E-state index contributed by atoms with van der Waals surface area (Å²) in [6.45, 7) is 1.12. The van der Waals surface area contributed by atoms with Crippen LogP contribution in [-0.2, 0) is 14.3 Å². The van der Waals surface area contributed by atoms with E-state index in [2.05, 4.69) is 10.6 Å². The second-order valence-electron chi connectivity index (χ2n) is 4.24. The van der Waals surface area contributed by atoms with Gasteiger partial charge < -0.3 is 21.1 Å². The molecule has 0 radical (unpaired) electrons. The molecule has 1 fully saturated rings. The number of carbonyl (C=O) groups is 2. The van der Waals surface area contributed by atoms with Gasteiger partial charge in [-0.1, -0.05) is 12.8 Å². The van der Waals surface area contributed by atoms with Crippen LogP contribution < -0.4 is 16.4 Å². The van der Waals surface area contributed by atoms with Gasteiger partial charge in [0.25, 0.3) is 0 Å². The first-order chi connectivity index (χ1) is 8.18. The van der Waals surface area contributed by atoms with Crippen molar-refractivity contribution in [3.8, 4) is 0 Å². The molecule has 1 saturated carbocycles. The second kappa shape index (κ2) is 8.03. The molecule has 0 aromatic rings. The Balaban J connectivity index is 1.91. The van der Waals surface area contributed by atoms with Gasteiger partial charge in [-0.2, -0.15) is 0 Å². The first-order valence-corrected chi connectivity index (χ1v) is 6.04. The molecule has 17 heavy (non-hydrogen) atoms. The Kier molecular flexibility index (Phi) is 6.57. The lowest BCUT2D eigenvalue weighted by molar-refractivity contribution is -0.123. The molecule has 2 amide bonds. The van der Waals surface area contributed by atoms with Gasteiger partial charge in [-0.25, -0.2) is 0 Å². The molecule has 1 rings (SSSR count). The summed E-state index contributed by atoms with van der Waals surface area (Å²) in [6.07, 6.45) is 4.60. The van der Waals surface area contributed by atoms with E-state index in [0.717, 1.165) is 12.8 Å². The van der Waals surface area contributed by atoms with Gasteiger partial charge in [0, 0.05) is 12.6 Å². The van der Waals surface area contributed by atoms with E-state index in [4.69, 9.17) is 10.5 Å². The average Bonchev–Trinajstić information content (AvgIpc) is 2.75. The zero-order valence-electron chi connectivity index (χ0n) is 10.0. The lowest BCUT2D eigenvalue weighted by Crippen LogP contribution is -2.40. The summed E-state index contributed by atoms with van der Waals surface area (Å²) in [4.78, 5) is 21.8. The summed E-state index contributed by atoms with van der Waals surface area (Å²) in [5, 5.41) is 5.92. The zero-order valence-corrected chi connectivity index (χ0v) is 10.0. The first kappa shape index (κ1) is 13.9. The Bertz CT molecular complexity index is 252. The summed E-state index contributed by atoms with van der Waals surface area (Å²) >= 11 is 0. The molecular formula is C11H21N3O3. The molecule has 0 atom stereocenters. The fraction of sp³-hybridized carbons (Fsp3) is 0.818. The zero-order chi connectivity index (χ0) is 12.5. The quantitative estimate of drug-likeness (QED) is 0.483. The maximum absolute atomic E-state index is 11.5. The molecule has 0 saturated heterocycles. The van der Waals surface area contributed by atoms with Crippen LogP contribution >= 0.6 is 0 Å². The van der Waals surface area contributed by atoms with E-state index in [9.17, 15) is 9.59 Å². The largest absolute Gasteiger partial charge is 0.370 e. The fourth-order valence-corrected chi connectivity index (χ4v) is 1.87. The third kappa shape index (κ3) is 6.91. The van der Waals surface area contributed by atoms with Crippen LogP contribution in [0.4, 0.5) is 0 Å². The van der Waals surface area contributed by atoms with Gasteiger partial charge in [-0.05, 0) is 12.8 Å². The molecule has 4 N–H and O–H groups in total. The Morgan fingerprint density at radius 3 is 2.65 bits per heavy atom. The molecule has 98 valence electrons. The smallest absolute Gasteiger partial charge is 0.243 e. The Morgan fingerprint density at radius 2 is 2.00 bits per heavy atom. The highest BCUT2D eigenvalue weighted by Gasteiger charge is 2.16. The number of primary amides is 1. The summed E-state index contributed by atoms with van der Waals surface area (Å²) in [6, 6.07) is 0.357. The second-order valence-corrected chi connectivity index (χ2v) is 4.24. The number of rotatable bonds is 8. The van der Waals surface area contributed by atoms with Gasteiger partial charge >= 0.3 is 0 Å². The highest BCUT2D eigenvalue weighted by Crippen LogP contribution is 2.17. The van der Waals surface area contributed by atoms with E-state index in [1.54, 1.807) is 0 Å². The van der Waals surface area contributed by atoms with Gasteiger partial charge in [-0.3, -0.25) is 9.59 Å². The molecule has 0 heterocycles. The van der Waals surface area contributed by atoms with E-state index in [1.807, 2.05) is 0 Å². The monoisotopic (exact) mass is 243 g/mol. The van der Waals surface area contributed by atoms with Crippen molar-refractivity contribution in [2.45, 2.75) is 31.7 Å². The molecule has 1 aliphatic rings. The van der Waals surface area contributed by atoms with E-state index in [0.29, 0.717) is 19.2 Å². The summed E-state index contributed by atoms with van der Waals surface area (Å²) in [5.74, 6) is -0.462. The van der Waals surface area contributed by atoms with Crippen molar-refractivity contribution in [3.63, 3.8) is 0 Å². The minimum atomic E-state index is -0.482. The summed E-state index contributed by atoms with van der Waals surface area (Å²) < 4.78 is 4.94. The average molecular weight is 243 g/mol. The van der Waals surface area contributed by atoms with Crippen LogP contribution in [0.25, 0.3) is 0 Å². The van der Waals surface area contributed by atoms with Crippen LogP contribution in [0.15, 0.2) is 0 Å². The number of nitrogens with two attached hydrogens (primary N) is 1. The van der Waals surface area contributed by atoms with Gasteiger partial charge in [0.05, 0.1) is 13.2 Å². The number of ether oxygens (including phenoxy) is 1. The van der Waals surface area contributed by atoms with Crippen LogP contribution in [0, 0.1) is 0 Å². The van der Waals surface area contributed by atoms with Crippen LogP contribution in [-0.4, -0.2) is 44.2 Å². The lowest BCUT2D eigenvalue weighted by atomic mass is 10.2. The minimum Gasteiger partial charge on any atom is -0.370 e. The number of nitrogens with one attached hydrogen (secondary N) is 2. The predicted octanol–water partition coefficient (Wildman–Crippen LogP) is -0.863. The molecule has 6 heteroatoms. The minimum absolute atomic E-state index is 0.0202. The number of hydrogen-bond donors (Lipinski definition) is 3. The molecule has 0 aliphatic heterocycles. The Hall–Kier alpha value is -1.14. The molecule has 0 aromatic carbocycles. The first-order valence-electron chi connectivity index (χ1n) is 6.04. The van der Waals surface area contributed by atoms with Gasteiger partial charge in [0.2, 0.25) is 11.8 Å². The van der Waals surface area contributed by atoms with E-state index in [-0.39, 0.29) is 19.1 Å². The van der Waals surface area contributed by atoms with Crippen LogP contribution in [0.2, 0.25) is 0 Å². The van der Waals surface area contributed by atoms with E-state index in [1.165, 1.54) is 12.8 Å². The van der Waals surface area contributed by atoms with Crippen molar-refractivity contribution in [1.82, 2.24) is 10.6 Å². The Morgan fingerprint density at radius 1 is 1.29 bits per heavy atom. The highest BCUT2D eigenvalue weighted by atomic mass is 16.5. The molecule has 0 spiro atoms. The van der Waals surface area contributed by atoms with Gasteiger partial charge in [-0.15, -0.1) is 0 Å². The van der Waals surface area contributed by atoms with Gasteiger partial charge in [0.15, 0.2) is 0 Å². The molecule has 0 bridgehead atoms.